The highest BCUT2D eigenvalue weighted by molar-refractivity contribution is 7.99. The van der Waals surface area contributed by atoms with Gasteiger partial charge < -0.3 is 14.1 Å². The average molecular weight is 391 g/mol. The van der Waals surface area contributed by atoms with Crippen molar-refractivity contribution >= 4 is 17.5 Å². The van der Waals surface area contributed by atoms with Gasteiger partial charge in [0.25, 0.3) is 0 Å². The number of H-pyrrole nitrogens is 1. The summed E-state index contributed by atoms with van der Waals surface area (Å²) in [5.74, 6) is 3.82. The minimum Gasteiger partial charge on any atom is -0.457 e. The highest BCUT2D eigenvalue weighted by Crippen LogP contribution is 2.30. The van der Waals surface area contributed by atoms with Crippen LogP contribution in [0.15, 0.2) is 76.3 Å². The number of benzene rings is 2. The molecule has 0 aliphatic heterocycles. The molecule has 0 bridgehead atoms. The van der Waals surface area contributed by atoms with Crippen LogP contribution >= 0.6 is 11.8 Å². The molecule has 2 aromatic heterocycles. The van der Waals surface area contributed by atoms with Gasteiger partial charge in [-0.05, 0) is 55.5 Å². The fraction of sp³-hybridized carbons (Fsp3) is 0.0952. The second kappa shape index (κ2) is 8.14. The molecule has 0 spiro atoms. The normalized spacial score (nSPS) is 10.8. The van der Waals surface area contributed by atoms with E-state index in [1.807, 2.05) is 66.7 Å². The summed E-state index contributed by atoms with van der Waals surface area (Å²) in [6.45, 7) is 1.54. The van der Waals surface area contributed by atoms with Crippen molar-refractivity contribution in [3.05, 3.63) is 66.7 Å². The number of carbonyl (C=O) groups is 1. The van der Waals surface area contributed by atoms with Crippen molar-refractivity contribution in [1.82, 2.24) is 15.2 Å². The van der Waals surface area contributed by atoms with Crippen LogP contribution in [0.25, 0.3) is 22.9 Å². The van der Waals surface area contributed by atoms with E-state index in [2.05, 4.69) is 15.2 Å². The molecule has 0 aliphatic carbocycles. The number of Topliss-reactive ketones (excluding diaryl/α,β-unsaturated/α-hetero) is 1. The maximum absolute atomic E-state index is 11.1. The van der Waals surface area contributed by atoms with Crippen LogP contribution in [0.5, 0.6) is 11.5 Å². The Kier molecular flexibility index (Phi) is 5.25. The number of aromatic amines is 1. The molecule has 2 heterocycles. The van der Waals surface area contributed by atoms with Gasteiger partial charge in [-0.15, -0.1) is 10.2 Å². The molecule has 7 heteroatoms. The van der Waals surface area contributed by atoms with Crippen molar-refractivity contribution in [2.75, 3.05) is 5.75 Å². The van der Waals surface area contributed by atoms with E-state index in [4.69, 9.17) is 9.15 Å². The Labute approximate surface area is 166 Å². The average Bonchev–Trinajstić information content (AvgIpc) is 3.37. The quantitative estimate of drug-likeness (QED) is 0.436. The molecular formula is C21H17N3O3S. The standard InChI is InChI=1S/C21H17N3O3S/c1-14(25)13-28-21-22-20(23-24-21)19-12-11-18(27-19)15-7-9-17(10-8-15)26-16-5-3-2-4-6-16/h2-12H,13H2,1H3,(H,22,23,24). The van der Waals surface area contributed by atoms with Crippen LogP contribution in [0.2, 0.25) is 0 Å². The third kappa shape index (κ3) is 4.32. The van der Waals surface area contributed by atoms with Crippen molar-refractivity contribution in [1.29, 1.82) is 0 Å². The fourth-order valence-electron chi connectivity index (χ4n) is 2.52. The lowest BCUT2D eigenvalue weighted by Gasteiger charge is -2.05. The van der Waals surface area contributed by atoms with E-state index in [0.717, 1.165) is 22.8 Å². The molecule has 28 heavy (non-hydrogen) atoms. The maximum Gasteiger partial charge on any atom is 0.197 e. The highest BCUT2D eigenvalue weighted by atomic mass is 32.2. The Hall–Kier alpha value is -3.32. The molecule has 1 N–H and O–H groups in total. The third-order valence-corrected chi connectivity index (χ3v) is 4.84. The topological polar surface area (TPSA) is 81.0 Å². The van der Waals surface area contributed by atoms with Crippen molar-refractivity contribution < 1.29 is 13.9 Å². The summed E-state index contributed by atoms with van der Waals surface area (Å²) < 4.78 is 11.7. The number of ether oxygens (including phenoxy) is 1. The van der Waals surface area contributed by atoms with Crippen molar-refractivity contribution in [2.24, 2.45) is 0 Å². The van der Waals surface area contributed by atoms with Gasteiger partial charge in [-0.2, -0.15) is 0 Å². The first-order valence-electron chi connectivity index (χ1n) is 8.66. The second-order valence-corrected chi connectivity index (χ2v) is 7.04. The molecule has 0 atom stereocenters. The molecule has 6 nitrogen and oxygen atoms in total. The molecule has 0 saturated heterocycles. The maximum atomic E-state index is 11.1. The fourth-order valence-corrected chi connectivity index (χ4v) is 3.13. The Morgan fingerprint density at radius 3 is 2.43 bits per heavy atom. The lowest BCUT2D eigenvalue weighted by molar-refractivity contribution is -0.114. The van der Waals surface area contributed by atoms with Crippen LogP contribution in [0, 0.1) is 0 Å². The van der Waals surface area contributed by atoms with E-state index < -0.39 is 0 Å². The number of furan rings is 1. The molecule has 4 aromatic rings. The van der Waals surface area contributed by atoms with Gasteiger partial charge in [-0.3, -0.25) is 4.79 Å². The van der Waals surface area contributed by atoms with Gasteiger partial charge in [0.2, 0.25) is 0 Å². The minimum atomic E-state index is 0.0860. The van der Waals surface area contributed by atoms with Gasteiger partial charge in [0.05, 0.1) is 5.75 Å². The van der Waals surface area contributed by atoms with Gasteiger partial charge in [-0.25, -0.2) is 0 Å². The van der Waals surface area contributed by atoms with E-state index in [1.165, 1.54) is 11.8 Å². The van der Waals surface area contributed by atoms with E-state index >= 15 is 0 Å². The number of carbonyl (C=O) groups excluding carboxylic acids is 1. The number of thioether (sulfide) groups is 1. The van der Waals surface area contributed by atoms with Crippen molar-refractivity contribution in [3.63, 3.8) is 0 Å². The van der Waals surface area contributed by atoms with Crippen LogP contribution in [0.3, 0.4) is 0 Å². The summed E-state index contributed by atoms with van der Waals surface area (Å²) in [7, 11) is 0. The first kappa shape index (κ1) is 18.1. The number of aromatic nitrogens is 3. The van der Waals surface area contributed by atoms with Crippen LogP contribution in [-0.2, 0) is 4.79 Å². The summed E-state index contributed by atoms with van der Waals surface area (Å²) in [4.78, 5) is 14.1. The van der Waals surface area contributed by atoms with Gasteiger partial charge in [-0.1, -0.05) is 30.0 Å². The van der Waals surface area contributed by atoms with Crippen LogP contribution in [-0.4, -0.2) is 26.7 Å². The Morgan fingerprint density at radius 1 is 0.964 bits per heavy atom. The van der Waals surface area contributed by atoms with E-state index in [9.17, 15) is 4.79 Å². The third-order valence-electron chi connectivity index (χ3n) is 3.84. The molecule has 140 valence electrons. The minimum absolute atomic E-state index is 0.0860. The summed E-state index contributed by atoms with van der Waals surface area (Å²) in [5, 5.41) is 8.70. The summed E-state index contributed by atoms with van der Waals surface area (Å²) >= 11 is 1.32. The molecule has 4 rings (SSSR count). The molecule has 0 unspecified atom stereocenters. The molecule has 2 aromatic carbocycles. The van der Waals surface area contributed by atoms with Gasteiger partial charge in [0.1, 0.15) is 23.0 Å². The Balaban J connectivity index is 1.46. The molecular weight excluding hydrogens is 374 g/mol. The largest absolute Gasteiger partial charge is 0.457 e. The predicted molar refractivity (Wildman–Crippen MR) is 107 cm³/mol. The summed E-state index contributed by atoms with van der Waals surface area (Å²) in [6.07, 6.45) is 0. The van der Waals surface area contributed by atoms with E-state index in [1.54, 1.807) is 6.92 Å². The smallest absolute Gasteiger partial charge is 0.197 e. The Morgan fingerprint density at radius 2 is 1.68 bits per heavy atom. The van der Waals surface area contributed by atoms with E-state index in [-0.39, 0.29) is 5.78 Å². The number of hydrogen-bond donors (Lipinski definition) is 1. The lowest BCUT2D eigenvalue weighted by atomic mass is 10.2. The zero-order chi connectivity index (χ0) is 19.3. The van der Waals surface area contributed by atoms with Gasteiger partial charge in [0.15, 0.2) is 16.7 Å². The highest BCUT2D eigenvalue weighted by Gasteiger charge is 2.12. The van der Waals surface area contributed by atoms with Crippen LogP contribution in [0.4, 0.5) is 0 Å². The SMILES string of the molecule is CC(=O)CSc1nnc(-c2ccc(-c3ccc(Oc4ccccc4)cc3)o2)[nH]1. The van der Waals surface area contributed by atoms with Crippen molar-refractivity contribution in [3.8, 4) is 34.4 Å². The van der Waals surface area contributed by atoms with E-state index in [0.29, 0.717) is 22.5 Å². The first-order chi connectivity index (χ1) is 13.7. The summed E-state index contributed by atoms with van der Waals surface area (Å²) in [6, 6.07) is 21.0. The number of rotatable bonds is 7. The first-order valence-corrected chi connectivity index (χ1v) is 9.64. The van der Waals surface area contributed by atoms with Gasteiger partial charge in [0, 0.05) is 5.56 Å². The number of nitrogens with one attached hydrogen (secondary N) is 1. The second-order valence-electron chi connectivity index (χ2n) is 6.07. The monoisotopic (exact) mass is 391 g/mol. The van der Waals surface area contributed by atoms with Crippen molar-refractivity contribution in [2.45, 2.75) is 12.1 Å². The van der Waals surface area contributed by atoms with Crippen LogP contribution in [0.1, 0.15) is 6.92 Å². The molecule has 0 fully saturated rings. The van der Waals surface area contributed by atoms with Crippen LogP contribution < -0.4 is 4.74 Å². The molecule has 0 radical (unpaired) electrons. The molecule has 0 saturated carbocycles. The number of hydrogen-bond acceptors (Lipinski definition) is 6. The number of para-hydroxylation sites is 1. The zero-order valence-electron chi connectivity index (χ0n) is 15.1. The molecule has 0 amide bonds. The summed E-state index contributed by atoms with van der Waals surface area (Å²) in [5.41, 5.74) is 0.928. The lowest BCUT2D eigenvalue weighted by Crippen LogP contribution is -1.93. The Bertz CT molecular complexity index is 1070. The van der Waals surface area contributed by atoms with Gasteiger partial charge >= 0.3 is 0 Å². The predicted octanol–water partition coefficient (Wildman–Crippen LogP) is 5.21. The number of ketones is 1. The zero-order valence-corrected chi connectivity index (χ0v) is 15.9. The molecule has 0 aliphatic rings. The number of nitrogens with zero attached hydrogens (tertiary/aromatic N) is 2.